The topological polar surface area (TPSA) is 111 Å². The maximum absolute atomic E-state index is 14.3. The van der Waals surface area contributed by atoms with Gasteiger partial charge in [0.15, 0.2) is 0 Å². The Balaban J connectivity index is 1.47. The van der Waals surface area contributed by atoms with Crippen molar-refractivity contribution in [3.8, 4) is 0 Å². The number of aliphatic hydroxyl groups excluding tert-OH is 1. The lowest BCUT2D eigenvalue weighted by atomic mass is 9.70. The number of hydrogen-bond acceptors (Lipinski definition) is 6. The van der Waals surface area contributed by atoms with Gasteiger partial charge < -0.3 is 30.3 Å². The van der Waals surface area contributed by atoms with Crippen molar-refractivity contribution in [3.63, 3.8) is 0 Å². The predicted molar refractivity (Wildman–Crippen MR) is 158 cm³/mol. The fourth-order valence-electron chi connectivity index (χ4n) is 7.16. The van der Waals surface area contributed by atoms with Crippen LogP contribution in [0.3, 0.4) is 0 Å². The number of ether oxygens (including phenoxy) is 1. The Bertz CT molecular complexity index is 1250. The molecule has 0 aliphatic carbocycles. The summed E-state index contributed by atoms with van der Waals surface area (Å²) in [6.07, 6.45) is 1.35. The highest BCUT2D eigenvalue weighted by Gasteiger charge is 2.75. The number of anilines is 3. The van der Waals surface area contributed by atoms with Crippen molar-refractivity contribution in [1.82, 2.24) is 4.90 Å². The van der Waals surface area contributed by atoms with Gasteiger partial charge in [-0.1, -0.05) is 38.5 Å². The lowest BCUT2D eigenvalue weighted by Crippen LogP contribution is -2.57. The van der Waals surface area contributed by atoms with Crippen LogP contribution in [0.1, 0.15) is 47.0 Å². The zero-order valence-corrected chi connectivity index (χ0v) is 24.4. The molecule has 9 nitrogen and oxygen atoms in total. The van der Waals surface area contributed by atoms with Crippen LogP contribution in [-0.2, 0) is 19.1 Å². The molecule has 3 heterocycles. The van der Waals surface area contributed by atoms with Gasteiger partial charge in [0.05, 0.1) is 30.6 Å². The monoisotopic (exact) mass is 562 g/mol. The predicted octanol–water partition coefficient (Wildman–Crippen LogP) is 3.89. The lowest BCUT2D eigenvalue weighted by Gasteiger charge is -2.38. The van der Waals surface area contributed by atoms with E-state index in [0.29, 0.717) is 24.2 Å². The standard InChI is InChI=1S/C32H42N4O5/c1-5-20(4)24(19-37)36-28(30(39)34-22-13-15-23(16-14-22)35(6-2)7-3)32-18-17-25(41-32)26(27(32)31(36)40)29(38)33-21-11-9-8-10-12-21/h8-16,20,24-28,37H,5-7,17-19H2,1-4H3,(H,33,38)(H,34,39)/t20-,24-,25+,26-,27-,28?,32?/m0/s1. The molecular weight excluding hydrogens is 520 g/mol. The molecule has 2 aromatic rings. The van der Waals surface area contributed by atoms with Gasteiger partial charge in [0.25, 0.3) is 0 Å². The van der Waals surface area contributed by atoms with Crippen LogP contribution in [0.15, 0.2) is 54.6 Å². The van der Waals surface area contributed by atoms with E-state index in [9.17, 15) is 19.5 Å². The molecule has 41 heavy (non-hydrogen) atoms. The maximum atomic E-state index is 14.3. The van der Waals surface area contributed by atoms with Gasteiger partial charge in [0, 0.05) is 30.2 Å². The maximum Gasteiger partial charge on any atom is 0.250 e. The average molecular weight is 563 g/mol. The second kappa shape index (κ2) is 11.8. The molecular formula is C32H42N4O5. The van der Waals surface area contributed by atoms with Crippen LogP contribution < -0.4 is 15.5 Å². The van der Waals surface area contributed by atoms with Gasteiger partial charge in [-0.3, -0.25) is 14.4 Å². The minimum atomic E-state index is -1.13. The van der Waals surface area contributed by atoms with E-state index in [1.807, 2.05) is 56.3 Å². The quantitative estimate of drug-likeness (QED) is 0.383. The largest absolute Gasteiger partial charge is 0.394 e. The third kappa shape index (κ3) is 4.99. The Morgan fingerprint density at radius 3 is 2.27 bits per heavy atom. The number of carbonyl (C=O) groups is 3. The zero-order valence-electron chi connectivity index (χ0n) is 24.4. The van der Waals surface area contributed by atoms with E-state index in [2.05, 4.69) is 29.4 Å². The summed E-state index contributed by atoms with van der Waals surface area (Å²) in [5.74, 6) is -2.51. The first-order chi connectivity index (χ1) is 19.8. The molecule has 2 unspecified atom stereocenters. The Labute approximate surface area is 242 Å². The van der Waals surface area contributed by atoms with Crippen LogP contribution >= 0.6 is 0 Å². The van der Waals surface area contributed by atoms with Crippen molar-refractivity contribution in [2.45, 2.75) is 70.7 Å². The van der Waals surface area contributed by atoms with Crippen molar-refractivity contribution >= 4 is 34.8 Å². The first kappa shape index (κ1) is 29.1. The molecule has 7 atom stereocenters. The number of para-hydroxylation sites is 1. The number of nitrogens with zero attached hydrogens (tertiary/aromatic N) is 2. The minimum Gasteiger partial charge on any atom is -0.394 e. The molecule has 2 bridgehead atoms. The number of benzene rings is 2. The molecule has 0 radical (unpaired) electrons. The van der Waals surface area contributed by atoms with Crippen molar-refractivity contribution in [1.29, 1.82) is 0 Å². The van der Waals surface area contributed by atoms with E-state index in [1.165, 1.54) is 0 Å². The molecule has 3 N–H and O–H groups in total. The Kier molecular flexibility index (Phi) is 8.38. The molecule has 3 fully saturated rings. The molecule has 1 spiro atoms. The van der Waals surface area contributed by atoms with E-state index in [-0.39, 0.29) is 30.2 Å². The van der Waals surface area contributed by atoms with Crippen LogP contribution in [0.25, 0.3) is 0 Å². The van der Waals surface area contributed by atoms with Crippen molar-refractivity contribution in [2.75, 3.05) is 35.2 Å². The minimum absolute atomic E-state index is 0.0587. The number of rotatable bonds is 11. The Hall–Kier alpha value is -3.43. The molecule has 2 aromatic carbocycles. The molecule has 220 valence electrons. The van der Waals surface area contributed by atoms with Crippen LogP contribution in [0.2, 0.25) is 0 Å². The Morgan fingerprint density at radius 1 is 1.02 bits per heavy atom. The number of aliphatic hydroxyl groups is 1. The van der Waals surface area contributed by atoms with Crippen LogP contribution in [0.5, 0.6) is 0 Å². The van der Waals surface area contributed by atoms with E-state index >= 15 is 0 Å². The highest BCUT2D eigenvalue weighted by molar-refractivity contribution is 6.05. The number of hydrogen-bond donors (Lipinski definition) is 3. The van der Waals surface area contributed by atoms with Crippen LogP contribution in [0, 0.1) is 17.8 Å². The molecule has 9 heteroatoms. The normalized spacial score (nSPS) is 27.8. The Morgan fingerprint density at radius 2 is 1.66 bits per heavy atom. The molecule has 0 aromatic heterocycles. The summed E-state index contributed by atoms with van der Waals surface area (Å²) < 4.78 is 6.54. The molecule has 3 aliphatic rings. The SMILES string of the molecule is CC[C@H](C)[C@H](CO)N1C(=O)[C@@H]2[C@@H](C(=O)Nc3ccccc3)[C@H]3CCC2(O3)C1C(=O)Nc1ccc(N(CC)CC)cc1. The molecule has 5 rings (SSSR count). The molecule has 3 amide bonds. The summed E-state index contributed by atoms with van der Waals surface area (Å²) in [7, 11) is 0. The van der Waals surface area contributed by atoms with Crippen molar-refractivity contribution in [2.24, 2.45) is 17.8 Å². The third-order valence-electron chi connectivity index (χ3n) is 9.44. The second-order valence-electron chi connectivity index (χ2n) is 11.5. The van der Waals surface area contributed by atoms with Gasteiger partial charge in [-0.2, -0.15) is 0 Å². The number of amides is 3. The summed E-state index contributed by atoms with van der Waals surface area (Å²) in [6, 6.07) is 15.3. The van der Waals surface area contributed by atoms with E-state index in [4.69, 9.17) is 4.74 Å². The zero-order chi connectivity index (χ0) is 29.3. The van der Waals surface area contributed by atoms with Gasteiger partial charge in [-0.15, -0.1) is 0 Å². The highest BCUT2D eigenvalue weighted by Crippen LogP contribution is 2.59. The van der Waals surface area contributed by atoms with Gasteiger partial charge in [-0.05, 0) is 69.0 Å². The van der Waals surface area contributed by atoms with E-state index in [1.54, 1.807) is 17.0 Å². The number of nitrogens with one attached hydrogen (secondary N) is 2. The summed E-state index contributed by atoms with van der Waals surface area (Å²) in [5, 5.41) is 16.5. The van der Waals surface area contributed by atoms with E-state index < -0.39 is 35.6 Å². The van der Waals surface area contributed by atoms with Gasteiger partial charge in [0.2, 0.25) is 17.7 Å². The molecule has 0 saturated carbocycles. The molecule has 3 saturated heterocycles. The number of fused-ring (bicyclic) bond motifs is 1. The first-order valence-electron chi connectivity index (χ1n) is 14.9. The summed E-state index contributed by atoms with van der Waals surface area (Å²) in [5.41, 5.74) is 1.19. The van der Waals surface area contributed by atoms with Gasteiger partial charge >= 0.3 is 0 Å². The fourth-order valence-corrected chi connectivity index (χ4v) is 7.16. The first-order valence-corrected chi connectivity index (χ1v) is 14.9. The smallest absolute Gasteiger partial charge is 0.250 e. The van der Waals surface area contributed by atoms with Crippen LogP contribution in [-0.4, -0.2) is 71.2 Å². The van der Waals surface area contributed by atoms with Crippen molar-refractivity contribution < 1.29 is 24.2 Å². The summed E-state index contributed by atoms with van der Waals surface area (Å²) in [6.45, 7) is 9.63. The number of likely N-dealkylation sites (tertiary alicyclic amines) is 1. The van der Waals surface area contributed by atoms with Crippen LogP contribution in [0.4, 0.5) is 17.1 Å². The second-order valence-corrected chi connectivity index (χ2v) is 11.5. The summed E-state index contributed by atoms with van der Waals surface area (Å²) in [4.78, 5) is 45.8. The van der Waals surface area contributed by atoms with E-state index in [0.717, 1.165) is 25.2 Å². The van der Waals surface area contributed by atoms with Gasteiger partial charge in [0.1, 0.15) is 11.6 Å². The lowest BCUT2D eigenvalue weighted by molar-refractivity contribution is -0.144. The van der Waals surface area contributed by atoms with Crippen molar-refractivity contribution in [3.05, 3.63) is 54.6 Å². The fraction of sp³-hybridized carbons (Fsp3) is 0.531. The van der Waals surface area contributed by atoms with Gasteiger partial charge in [-0.25, -0.2) is 0 Å². The average Bonchev–Trinajstić information content (AvgIpc) is 3.63. The highest BCUT2D eigenvalue weighted by atomic mass is 16.5. The summed E-state index contributed by atoms with van der Waals surface area (Å²) >= 11 is 0. The molecule has 3 aliphatic heterocycles. The third-order valence-corrected chi connectivity index (χ3v) is 9.44. The number of carbonyl (C=O) groups excluding carboxylic acids is 3.